The van der Waals surface area contributed by atoms with E-state index in [1.165, 1.54) is 0 Å². The number of hydrogen-bond acceptors (Lipinski definition) is 3. The first kappa shape index (κ1) is 11.6. The highest BCUT2D eigenvalue weighted by Gasteiger charge is 2.38. The monoisotopic (exact) mass is 219 g/mol. The van der Waals surface area contributed by atoms with Gasteiger partial charge in [-0.2, -0.15) is 0 Å². The van der Waals surface area contributed by atoms with Gasteiger partial charge in [0.1, 0.15) is 0 Å². The molecule has 1 aliphatic rings. The predicted octanol–water partition coefficient (Wildman–Crippen LogP) is 1.44. The first-order chi connectivity index (χ1) is 7.52. The largest absolute Gasteiger partial charge is 0.324 e. The van der Waals surface area contributed by atoms with E-state index in [9.17, 15) is 0 Å². The Hall–Kier alpha value is -0.930. The van der Waals surface area contributed by atoms with E-state index in [1.807, 2.05) is 18.3 Å². The fraction of sp³-hybridized carbons (Fsp3) is 0.615. The predicted molar refractivity (Wildman–Crippen MR) is 66.3 cm³/mol. The van der Waals surface area contributed by atoms with Crippen molar-refractivity contribution in [2.24, 2.45) is 5.73 Å². The summed E-state index contributed by atoms with van der Waals surface area (Å²) < 4.78 is 0. The van der Waals surface area contributed by atoms with Gasteiger partial charge in [-0.3, -0.25) is 4.98 Å². The van der Waals surface area contributed by atoms with Gasteiger partial charge < -0.3 is 11.1 Å². The van der Waals surface area contributed by atoms with Crippen molar-refractivity contribution in [2.75, 3.05) is 13.1 Å². The lowest BCUT2D eigenvalue weighted by Gasteiger charge is -2.25. The summed E-state index contributed by atoms with van der Waals surface area (Å²) in [6, 6.07) is 6.07. The van der Waals surface area contributed by atoms with Crippen LogP contribution in [0.1, 0.15) is 32.4 Å². The lowest BCUT2D eigenvalue weighted by Crippen LogP contribution is -2.41. The molecule has 0 unspecified atom stereocenters. The van der Waals surface area contributed by atoms with E-state index in [2.05, 4.69) is 30.2 Å². The Bertz CT molecular complexity index is 341. The smallest absolute Gasteiger partial charge is 0.0472 e. The second kappa shape index (κ2) is 4.15. The normalized spacial score (nSPS) is 18.4. The van der Waals surface area contributed by atoms with E-state index in [0.717, 1.165) is 31.6 Å². The molecule has 0 spiro atoms. The van der Waals surface area contributed by atoms with E-state index < -0.39 is 0 Å². The van der Waals surface area contributed by atoms with Crippen LogP contribution in [0.5, 0.6) is 0 Å². The third-order valence-corrected chi connectivity index (χ3v) is 3.29. The van der Waals surface area contributed by atoms with Gasteiger partial charge in [-0.15, -0.1) is 0 Å². The summed E-state index contributed by atoms with van der Waals surface area (Å²) >= 11 is 0. The first-order valence-corrected chi connectivity index (χ1v) is 5.93. The number of rotatable bonds is 5. The minimum absolute atomic E-state index is 0.0620. The van der Waals surface area contributed by atoms with Crippen LogP contribution in [0.2, 0.25) is 0 Å². The van der Waals surface area contributed by atoms with Gasteiger partial charge in [0.15, 0.2) is 0 Å². The zero-order chi connectivity index (χ0) is 11.6. The van der Waals surface area contributed by atoms with Crippen LogP contribution in [0.15, 0.2) is 24.4 Å². The van der Waals surface area contributed by atoms with E-state index in [-0.39, 0.29) is 11.0 Å². The molecule has 1 fully saturated rings. The van der Waals surface area contributed by atoms with Crippen molar-refractivity contribution in [1.82, 2.24) is 10.3 Å². The van der Waals surface area contributed by atoms with Crippen molar-refractivity contribution in [3.63, 3.8) is 0 Å². The van der Waals surface area contributed by atoms with E-state index >= 15 is 0 Å². The highest BCUT2D eigenvalue weighted by Crippen LogP contribution is 2.31. The fourth-order valence-electron chi connectivity index (χ4n) is 1.81. The maximum absolute atomic E-state index is 6.04. The molecule has 0 aromatic carbocycles. The molecule has 1 aromatic heterocycles. The lowest BCUT2D eigenvalue weighted by atomic mass is 9.88. The van der Waals surface area contributed by atoms with Crippen molar-refractivity contribution in [3.8, 4) is 0 Å². The summed E-state index contributed by atoms with van der Waals surface area (Å²) in [6.07, 6.45) is 4.16. The van der Waals surface area contributed by atoms with E-state index in [0.29, 0.717) is 0 Å². The molecule has 1 saturated carbocycles. The highest BCUT2D eigenvalue weighted by molar-refractivity contribution is 5.15. The van der Waals surface area contributed by atoms with Crippen LogP contribution in [0.25, 0.3) is 0 Å². The number of hydrogen-bond donors (Lipinski definition) is 2. The molecular weight excluding hydrogens is 198 g/mol. The van der Waals surface area contributed by atoms with Crippen LogP contribution in [-0.4, -0.2) is 23.6 Å². The molecular formula is C13H21N3. The van der Waals surface area contributed by atoms with E-state index in [4.69, 9.17) is 5.73 Å². The van der Waals surface area contributed by atoms with Gasteiger partial charge in [-0.05, 0) is 25.0 Å². The summed E-state index contributed by atoms with van der Waals surface area (Å²) in [5.41, 5.74) is 7.31. The molecule has 1 heterocycles. The van der Waals surface area contributed by atoms with Crippen LogP contribution in [0.3, 0.4) is 0 Å². The third-order valence-electron chi connectivity index (χ3n) is 3.29. The zero-order valence-electron chi connectivity index (χ0n) is 10.2. The quantitative estimate of drug-likeness (QED) is 0.788. The maximum Gasteiger partial charge on any atom is 0.0472 e. The molecule has 16 heavy (non-hydrogen) atoms. The Balaban J connectivity index is 1.87. The van der Waals surface area contributed by atoms with Gasteiger partial charge in [-0.1, -0.05) is 19.9 Å². The first-order valence-electron chi connectivity index (χ1n) is 5.93. The average molecular weight is 219 g/mol. The maximum atomic E-state index is 6.04. The molecule has 2 rings (SSSR count). The molecule has 0 amide bonds. The van der Waals surface area contributed by atoms with Gasteiger partial charge in [0.2, 0.25) is 0 Å². The molecule has 0 aliphatic heterocycles. The molecule has 0 bridgehead atoms. The van der Waals surface area contributed by atoms with Crippen LogP contribution in [-0.2, 0) is 5.41 Å². The number of nitrogens with zero attached hydrogens (tertiary/aromatic N) is 1. The van der Waals surface area contributed by atoms with Crippen LogP contribution in [0, 0.1) is 0 Å². The van der Waals surface area contributed by atoms with Crippen molar-refractivity contribution in [2.45, 2.75) is 37.6 Å². The Morgan fingerprint density at radius 3 is 2.75 bits per heavy atom. The molecule has 3 heteroatoms. The van der Waals surface area contributed by atoms with Gasteiger partial charge in [0.05, 0.1) is 0 Å². The van der Waals surface area contributed by atoms with Gasteiger partial charge >= 0.3 is 0 Å². The Kier molecular flexibility index (Phi) is 3.00. The Morgan fingerprint density at radius 2 is 2.19 bits per heavy atom. The van der Waals surface area contributed by atoms with Crippen LogP contribution >= 0.6 is 0 Å². The topological polar surface area (TPSA) is 50.9 Å². The standard InChI is InChI=1S/C13H21N3/c1-12(2,11-5-3-4-8-16-11)9-15-10-13(14)6-7-13/h3-5,8,15H,6-7,9-10,14H2,1-2H3. The summed E-state index contributed by atoms with van der Waals surface area (Å²) in [6.45, 7) is 6.25. The second-order valence-electron chi connectivity index (χ2n) is 5.56. The summed E-state index contributed by atoms with van der Waals surface area (Å²) in [7, 11) is 0. The molecule has 3 N–H and O–H groups in total. The SMILES string of the molecule is CC(C)(CNCC1(N)CC1)c1ccccn1. The number of pyridine rings is 1. The molecule has 0 radical (unpaired) electrons. The molecule has 0 atom stereocenters. The van der Waals surface area contributed by atoms with Crippen molar-refractivity contribution in [3.05, 3.63) is 30.1 Å². The summed E-state index contributed by atoms with van der Waals surface area (Å²) in [5.74, 6) is 0. The summed E-state index contributed by atoms with van der Waals surface area (Å²) in [4.78, 5) is 4.41. The van der Waals surface area contributed by atoms with E-state index in [1.54, 1.807) is 0 Å². The molecule has 0 saturated heterocycles. The molecule has 1 aromatic rings. The molecule has 3 nitrogen and oxygen atoms in total. The average Bonchev–Trinajstić information content (AvgIpc) is 2.98. The zero-order valence-corrected chi connectivity index (χ0v) is 10.2. The second-order valence-corrected chi connectivity index (χ2v) is 5.56. The van der Waals surface area contributed by atoms with Crippen LogP contribution < -0.4 is 11.1 Å². The fourth-order valence-corrected chi connectivity index (χ4v) is 1.81. The number of nitrogens with one attached hydrogen (secondary N) is 1. The molecule has 1 aliphatic carbocycles. The van der Waals surface area contributed by atoms with Gasteiger partial charge in [0, 0.05) is 35.9 Å². The van der Waals surface area contributed by atoms with Gasteiger partial charge in [0.25, 0.3) is 0 Å². The third kappa shape index (κ3) is 2.80. The van der Waals surface area contributed by atoms with Crippen molar-refractivity contribution < 1.29 is 0 Å². The van der Waals surface area contributed by atoms with Crippen LogP contribution in [0.4, 0.5) is 0 Å². The minimum Gasteiger partial charge on any atom is -0.324 e. The highest BCUT2D eigenvalue weighted by atomic mass is 15.0. The summed E-state index contributed by atoms with van der Waals surface area (Å²) in [5, 5.41) is 3.46. The lowest BCUT2D eigenvalue weighted by molar-refractivity contribution is 0.439. The van der Waals surface area contributed by atoms with Crippen molar-refractivity contribution in [1.29, 1.82) is 0 Å². The Morgan fingerprint density at radius 1 is 1.44 bits per heavy atom. The number of nitrogens with two attached hydrogens (primary N) is 1. The Labute approximate surface area is 97.5 Å². The molecule has 88 valence electrons. The minimum atomic E-state index is 0.0620. The number of aromatic nitrogens is 1. The van der Waals surface area contributed by atoms with Crippen molar-refractivity contribution >= 4 is 0 Å². The van der Waals surface area contributed by atoms with Gasteiger partial charge in [-0.25, -0.2) is 0 Å².